The first-order valence-electron chi connectivity index (χ1n) is 2.92. The van der Waals surface area contributed by atoms with Crippen molar-refractivity contribution in [3.05, 3.63) is 0 Å². The van der Waals surface area contributed by atoms with Gasteiger partial charge in [0.25, 0.3) is 0 Å². The number of esters is 1. The number of aliphatic hydroxyl groups excluding tert-OH is 1. The summed E-state index contributed by atoms with van der Waals surface area (Å²) in [5.41, 5.74) is 0. The summed E-state index contributed by atoms with van der Waals surface area (Å²) in [6.45, 7) is 1.57. The van der Waals surface area contributed by atoms with Gasteiger partial charge in [-0.05, 0) is 13.2 Å². The third-order valence-electron chi connectivity index (χ3n) is 1.13. The molecule has 0 heterocycles. The summed E-state index contributed by atoms with van der Waals surface area (Å²) in [6, 6.07) is 0. The van der Waals surface area contributed by atoms with E-state index in [1.165, 1.54) is 18.9 Å². The fourth-order valence-corrected chi connectivity index (χ4v) is 1.29. The lowest BCUT2D eigenvalue weighted by Crippen LogP contribution is -2.29. The second kappa shape index (κ2) is 4.57. The summed E-state index contributed by atoms with van der Waals surface area (Å²) in [4.78, 5) is 10.8. The molecule has 0 radical (unpaired) electrons. The van der Waals surface area contributed by atoms with Gasteiger partial charge in [-0.15, -0.1) is 11.8 Å². The summed E-state index contributed by atoms with van der Waals surface area (Å²) >= 11 is 1.29. The summed E-state index contributed by atoms with van der Waals surface area (Å²) in [7, 11) is 1.31. The van der Waals surface area contributed by atoms with Crippen LogP contribution >= 0.6 is 11.8 Å². The van der Waals surface area contributed by atoms with E-state index in [0.29, 0.717) is 0 Å². The molecular weight excluding hydrogens is 152 g/mol. The SMILES string of the molecule is COC(=O)C(SC)C(C)O. The van der Waals surface area contributed by atoms with Crippen molar-refractivity contribution in [1.82, 2.24) is 0 Å². The molecule has 0 spiro atoms. The van der Waals surface area contributed by atoms with Crippen LogP contribution in [0.2, 0.25) is 0 Å². The lowest BCUT2D eigenvalue weighted by atomic mass is 10.3. The highest BCUT2D eigenvalue weighted by Crippen LogP contribution is 2.12. The van der Waals surface area contributed by atoms with E-state index in [-0.39, 0.29) is 5.97 Å². The number of hydrogen-bond acceptors (Lipinski definition) is 4. The van der Waals surface area contributed by atoms with Crippen LogP contribution < -0.4 is 0 Å². The summed E-state index contributed by atoms with van der Waals surface area (Å²) in [6.07, 6.45) is 1.11. The zero-order chi connectivity index (χ0) is 8.15. The molecule has 3 nitrogen and oxygen atoms in total. The zero-order valence-corrected chi connectivity index (χ0v) is 7.14. The van der Waals surface area contributed by atoms with Gasteiger partial charge in [-0.3, -0.25) is 4.79 Å². The van der Waals surface area contributed by atoms with E-state index in [9.17, 15) is 4.79 Å². The van der Waals surface area contributed by atoms with Crippen molar-refractivity contribution >= 4 is 17.7 Å². The minimum absolute atomic E-state index is 0.373. The first-order chi connectivity index (χ1) is 4.63. The lowest BCUT2D eigenvalue weighted by Gasteiger charge is -2.13. The fourth-order valence-electron chi connectivity index (χ4n) is 0.606. The van der Waals surface area contributed by atoms with Gasteiger partial charge in [-0.2, -0.15) is 0 Å². The Morgan fingerprint density at radius 2 is 2.20 bits per heavy atom. The molecule has 1 N–H and O–H groups in total. The van der Waals surface area contributed by atoms with Gasteiger partial charge in [0.2, 0.25) is 0 Å². The predicted molar refractivity (Wildman–Crippen MR) is 41.0 cm³/mol. The maximum Gasteiger partial charge on any atom is 0.321 e. The number of aliphatic hydroxyl groups is 1. The fraction of sp³-hybridized carbons (Fsp3) is 0.833. The summed E-state index contributed by atoms with van der Waals surface area (Å²) in [5, 5.41) is 8.54. The molecule has 0 aliphatic rings. The van der Waals surface area contributed by atoms with E-state index in [0.717, 1.165) is 0 Å². The smallest absolute Gasteiger partial charge is 0.321 e. The Bertz CT molecular complexity index is 114. The van der Waals surface area contributed by atoms with Crippen LogP contribution in [0.3, 0.4) is 0 Å². The maximum atomic E-state index is 10.8. The number of rotatable bonds is 3. The number of carbonyl (C=O) groups excluding carboxylic acids is 1. The zero-order valence-electron chi connectivity index (χ0n) is 6.33. The van der Waals surface area contributed by atoms with Gasteiger partial charge in [-0.25, -0.2) is 0 Å². The first kappa shape index (κ1) is 9.78. The number of carbonyl (C=O) groups is 1. The minimum Gasteiger partial charge on any atom is -0.468 e. The molecule has 0 aromatic carbocycles. The van der Waals surface area contributed by atoms with Crippen LogP contribution in [0.5, 0.6) is 0 Å². The van der Waals surface area contributed by atoms with Crippen LogP contribution in [0, 0.1) is 0 Å². The van der Waals surface area contributed by atoms with Crippen molar-refractivity contribution < 1.29 is 14.6 Å². The molecule has 0 fully saturated rings. The lowest BCUT2D eigenvalue weighted by molar-refractivity contribution is -0.141. The van der Waals surface area contributed by atoms with Crippen LogP contribution in [-0.2, 0) is 9.53 Å². The van der Waals surface area contributed by atoms with Gasteiger partial charge in [0, 0.05) is 0 Å². The summed E-state index contributed by atoms with van der Waals surface area (Å²) in [5.74, 6) is -0.373. The minimum atomic E-state index is -0.651. The Labute approximate surface area is 64.8 Å². The highest BCUT2D eigenvalue weighted by Gasteiger charge is 2.22. The Morgan fingerprint density at radius 1 is 1.70 bits per heavy atom. The molecule has 0 rings (SSSR count). The molecule has 60 valence electrons. The molecule has 4 heteroatoms. The van der Waals surface area contributed by atoms with E-state index >= 15 is 0 Å². The van der Waals surface area contributed by atoms with Gasteiger partial charge in [0.1, 0.15) is 5.25 Å². The van der Waals surface area contributed by atoms with E-state index in [1.807, 2.05) is 0 Å². The molecule has 0 bridgehead atoms. The second-order valence-electron chi connectivity index (χ2n) is 1.92. The standard InChI is InChI=1S/C6H12O3S/c1-4(7)5(10-3)6(8)9-2/h4-5,7H,1-3H3. The number of hydrogen-bond donors (Lipinski definition) is 1. The highest BCUT2D eigenvalue weighted by molar-refractivity contribution is 7.99. The van der Waals surface area contributed by atoms with Gasteiger partial charge in [0.15, 0.2) is 0 Å². The average Bonchev–Trinajstić information content (AvgIpc) is 1.88. The van der Waals surface area contributed by atoms with Gasteiger partial charge >= 0.3 is 5.97 Å². The van der Waals surface area contributed by atoms with Gasteiger partial charge < -0.3 is 9.84 Å². The third kappa shape index (κ3) is 2.58. The molecule has 0 saturated heterocycles. The normalized spacial score (nSPS) is 16.0. The topological polar surface area (TPSA) is 46.5 Å². The van der Waals surface area contributed by atoms with Gasteiger partial charge in [-0.1, -0.05) is 0 Å². The third-order valence-corrected chi connectivity index (χ3v) is 2.22. The molecule has 0 saturated carbocycles. The molecule has 0 aromatic rings. The molecule has 0 amide bonds. The van der Waals surface area contributed by atoms with Crippen LogP contribution in [-0.4, -0.2) is 35.8 Å². The van der Waals surface area contributed by atoms with Crippen LogP contribution in [0.4, 0.5) is 0 Å². The van der Waals surface area contributed by atoms with Crippen molar-refractivity contribution in [1.29, 1.82) is 0 Å². The molecule has 2 unspecified atom stereocenters. The first-order valence-corrected chi connectivity index (χ1v) is 4.21. The largest absolute Gasteiger partial charge is 0.468 e. The second-order valence-corrected chi connectivity index (χ2v) is 2.90. The Balaban J connectivity index is 3.93. The summed E-state index contributed by atoms with van der Waals surface area (Å²) < 4.78 is 4.44. The molecule has 0 aromatic heterocycles. The van der Waals surface area contributed by atoms with Crippen molar-refractivity contribution in [3.63, 3.8) is 0 Å². The number of thioether (sulfide) groups is 1. The van der Waals surface area contributed by atoms with Crippen LogP contribution in [0.15, 0.2) is 0 Å². The van der Waals surface area contributed by atoms with E-state index in [2.05, 4.69) is 4.74 Å². The quantitative estimate of drug-likeness (QED) is 0.608. The maximum absolute atomic E-state index is 10.8. The highest BCUT2D eigenvalue weighted by atomic mass is 32.2. The molecule has 2 atom stereocenters. The molecular formula is C6H12O3S. The van der Waals surface area contributed by atoms with E-state index in [4.69, 9.17) is 5.11 Å². The Hall–Kier alpha value is -0.220. The van der Waals surface area contributed by atoms with Crippen molar-refractivity contribution in [2.75, 3.05) is 13.4 Å². The van der Waals surface area contributed by atoms with E-state index < -0.39 is 11.4 Å². The van der Waals surface area contributed by atoms with Crippen molar-refractivity contribution in [2.45, 2.75) is 18.3 Å². The van der Waals surface area contributed by atoms with Crippen LogP contribution in [0.25, 0.3) is 0 Å². The number of methoxy groups -OCH3 is 1. The number of ether oxygens (including phenoxy) is 1. The Morgan fingerprint density at radius 3 is 2.30 bits per heavy atom. The van der Waals surface area contributed by atoms with Crippen molar-refractivity contribution in [2.24, 2.45) is 0 Å². The Kier molecular flexibility index (Phi) is 4.47. The monoisotopic (exact) mass is 164 g/mol. The molecule has 0 aliphatic carbocycles. The van der Waals surface area contributed by atoms with Gasteiger partial charge in [0.05, 0.1) is 13.2 Å². The van der Waals surface area contributed by atoms with Crippen LogP contribution in [0.1, 0.15) is 6.92 Å². The van der Waals surface area contributed by atoms with Crippen molar-refractivity contribution in [3.8, 4) is 0 Å². The predicted octanol–water partition coefficient (Wildman–Crippen LogP) is 0.272. The molecule has 0 aliphatic heterocycles. The molecule has 10 heavy (non-hydrogen) atoms. The average molecular weight is 164 g/mol. The van der Waals surface area contributed by atoms with E-state index in [1.54, 1.807) is 13.2 Å².